The third kappa shape index (κ3) is 11.1. The summed E-state index contributed by atoms with van der Waals surface area (Å²) in [7, 11) is 0. The van der Waals surface area contributed by atoms with Crippen molar-refractivity contribution in [3.05, 3.63) is 176 Å². The molecule has 0 saturated carbocycles. The first-order valence-electron chi connectivity index (χ1n) is 30.7. The smallest absolute Gasteiger partial charge is 0.162 e. The number of terminal acetylenes is 1. The zero-order valence-electron chi connectivity index (χ0n) is 55.2. The van der Waals surface area contributed by atoms with Crippen molar-refractivity contribution in [3.8, 4) is 74.6 Å². The Labute approximate surface area is 556 Å². The Hall–Kier alpha value is -9.68. The second-order valence-electron chi connectivity index (χ2n) is 26.8. The lowest BCUT2D eigenvalue weighted by Gasteiger charge is -2.35. The standard InChI is InChI=1S/C26H26FN5O.C21H19FIN5.C21H20FN5.C5H8O/c1-14-21(18-9-7-8-17-16(13-28-22(17)18)10-11-25(3,4)33)19(27)12-20-23(14)32-15(2)30-31-24(32)26(5,6)29-20;1-10-17(13-7-5-6-12-15(23)9-24-18(12)13)14(22)8-16-19(10)28-11(2)26-27-20(28)21(3,4)25-16;1-11-17(14-7-5-6-13-8-9-23-18(13)14)15(22)10-16-19(11)27-12(2)25-26-20(27)21(3,4)24-16;1-4-5(2,3)6/h7-9,12-13,28-29,33H,1-6H3;5-9,24-25H,1-4H3;5-10,23-24H,1-4H3;1,6H,2-3H3. The number of nitrogens with zero attached hydrogens (tertiary/aromatic N) is 9. The zero-order chi connectivity index (χ0) is 67.6. The highest BCUT2D eigenvalue weighted by molar-refractivity contribution is 14.1. The van der Waals surface area contributed by atoms with Crippen LogP contribution in [0.1, 0.15) is 126 Å². The molecule has 0 saturated heterocycles. The first-order valence-corrected chi connectivity index (χ1v) is 31.8. The second kappa shape index (κ2) is 23.1. The van der Waals surface area contributed by atoms with Crippen molar-refractivity contribution in [2.75, 3.05) is 16.0 Å². The van der Waals surface area contributed by atoms with Crippen LogP contribution in [0.3, 0.4) is 0 Å². The van der Waals surface area contributed by atoms with Crippen LogP contribution in [0.5, 0.6) is 0 Å². The van der Waals surface area contributed by atoms with E-state index in [0.717, 1.165) is 139 Å². The molecule has 6 aromatic heterocycles. The number of rotatable bonds is 3. The molecule has 21 heteroatoms. The Morgan fingerprint density at radius 3 is 1.28 bits per heavy atom. The Morgan fingerprint density at radius 2 is 0.872 bits per heavy atom. The molecule has 94 heavy (non-hydrogen) atoms. The number of halogens is 4. The van der Waals surface area contributed by atoms with E-state index in [2.05, 4.69) is 108 Å². The molecule has 0 bridgehead atoms. The molecule has 3 aliphatic heterocycles. The molecule has 9 heterocycles. The normalized spacial score (nSPS) is 14.3. The molecular formula is C73H73F3IN15O2. The molecular weight excluding hydrogens is 1300 g/mol. The maximum absolute atomic E-state index is 15.7. The van der Waals surface area contributed by atoms with E-state index in [1.165, 1.54) is 0 Å². The minimum absolute atomic E-state index is 0.245. The van der Waals surface area contributed by atoms with Crippen LogP contribution in [0.2, 0.25) is 0 Å². The second-order valence-corrected chi connectivity index (χ2v) is 27.9. The summed E-state index contributed by atoms with van der Waals surface area (Å²) in [6, 6.07) is 24.4. The van der Waals surface area contributed by atoms with Crippen molar-refractivity contribution in [1.29, 1.82) is 0 Å². The van der Waals surface area contributed by atoms with Gasteiger partial charge in [-0.05, 0) is 180 Å². The van der Waals surface area contributed by atoms with Gasteiger partial charge in [-0.25, -0.2) is 13.2 Å². The number of nitrogens with one attached hydrogen (secondary N) is 6. The predicted octanol–water partition coefficient (Wildman–Crippen LogP) is 15.6. The van der Waals surface area contributed by atoms with Gasteiger partial charge in [0, 0.05) is 71.9 Å². The predicted molar refractivity (Wildman–Crippen MR) is 375 cm³/mol. The molecule has 0 fully saturated rings. The largest absolute Gasteiger partial charge is 0.378 e. The molecule has 0 aliphatic carbocycles. The maximum atomic E-state index is 15.7. The van der Waals surface area contributed by atoms with Crippen LogP contribution in [-0.2, 0) is 16.6 Å². The number of fused-ring (bicyclic) bond motifs is 12. The van der Waals surface area contributed by atoms with Gasteiger partial charge in [0.25, 0.3) is 0 Å². The maximum Gasteiger partial charge on any atom is 0.162 e. The molecule has 480 valence electrons. The molecule has 0 unspecified atom stereocenters. The van der Waals surface area contributed by atoms with Crippen molar-refractivity contribution in [2.24, 2.45) is 0 Å². The highest BCUT2D eigenvalue weighted by Gasteiger charge is 2.40. The highest BCUT2D eigenvalue weighted by atomic mass is 127. The Bertz CT molecular complexity index is 5180. The lowest BCUT2D eigenvalue weighted by molar-refractivity contribution is 0.143. The van der Waals surface area contributed by atoms with E-state index in [-0.39, 0.29) is 17.5 Å². The topological polar surface area (TPSA) is 216 Å². The molecule has 0 amide bonds. The lowest BCUT2D eigenvalue weighted by Crippen LogP contribution is -2.36. The van der Waals surface area contributed by atoms with Gasteiger partial charge in [-0.15, -0.1) is 37.0 Å². The average molecular weight is 1380 g/mol. The summed E-state index contributed by atoms with van der Waals surface area (Å²) in [5.74, 6) is 12.0. The third-order valence-electron chi connectivity index (χ3n) is 17.3. The fourth-order valence-electron chi connectivity index (χ4n) is 13.0. The van der Waals surface area contributed by atoms with E-state index in [9.17, 15) is 5.11 Å². The van der Waals surface area contributed by atoms with E-state index in [1.807, 2.05) is 164 Å². The number of aromatic nitrogens is 12. The number of aryl methyl sites for hydroxylation is 3. The Balaban J connectivity index is 0.000000130. The SMILES string of the molecule is C#CC(C)(C)O.Cc1c(-c2cccc3c(C#CC(C)(C)O)c[nH]c23)c(F)cc2c1-n1c(C)nnc1C(C)(C)N2.Cc1c(-c2cccc3c(I)c[nH]c23)c(F)cc2c1-n1c(C)nnc1C(C)(C)N2.Cc1c(-c2cccc3cc[nH]c23)c(F)cc2c1-n1c(C)nnc1C(C)(C)N2. The summed E-state index contributed by atoms with van der Waals surface area (Å²) in [5, 5.41) is 57.9. The van der Waals surface area contributed by atoms with Crippen LogP contribution in [0.25, 0.3) is 83.2 Å². The number of para-hydroxylation sites is 3. The highest BCUT2D eigenvalue weighted by Crippen LogP contribution is 2.48. The number of benzene rings is 6. The quantitative estimate of drug-likeness (QED) is 0.0615. The van der Waals surface area contributed by atoms with Gasteiger partial charge < -0.3 is 41.1 Å². The number of aliphatic hydroxyl groups is 2. The van der Waals surface area contributed by atoms with E-state index < -0.39 is 27.8 Å². The van der Waals surface area contributed by atoms with Crippen molar-refractivity contribution in [3.63, 3.8) is 0 Å². The Kier molecular flexibility index (Phi) is 15.8. The first kappa shape index (κ1) is 64.4. The number of H-pyrrole nitrogens is 3. The molecule has 17 nitrogen and oxygen atoms in total. The van der Waals surface area contributed by atoms with Gasteiger partial charge in [0.2, 0.25) is 0 Å². The van der Waals surface area contributed by atoms with Crippen LogP contribution in [0.15, 0.2) is 97.5 Å². The van der Waals surface area contributed by atoms with Crippen molar-refractivity contribution in [2.45, 2.75) is 139 Å². The summed E-state index contributed by atoms with van der Waals surface area (Å²) in [4.78, 5) is 9.82. The van der Waals surface area contributed by atoms with E-state index >= 15 is 13.2 Å². The van der Waals surface area contributed by atoms with Crippen LogP contribution < -0.4 is 16.0 Å². The van der Waals surface area contributed by atoms with Crippen molar-refractivity contribution >= 4 is 72.4 Å². The fourth-order valence-corrected chi connectivity index (χ4v) is 13.6. The number of aromatic amines is 3. The molecule has 8 N–H and O–H groups in total. The van der Waals surface area contributed by atoms with Crippen molar-refractivity contribution in [1.82, 2.24) is 59.2 Å². The van der Waals surface area contributed by atoms with Crippen LogP contribution in [0, 0.1) is 86.7 Å². The number of hydrogen-bond acceptors (Lipinski definition) is 11. The molecule has 3 aliphatic rings. The molecule has 6 aromatic carbocycles. The van der Waals surface area contributed by atoms with E-state index in [0.29, 0.717) is 22.4 Å². The molecule has 15 rings (SSSR count). The number of hydrogen-bond donors (Lipinski definition) is 8. The summed E-state index contributed by atoms with van der Waals surface area (Å²) in [6.07, 6.45) is 10.4. The minimum Gasteiger partial charge on any atom is -0.378 e. The monoisotopic (exact) mass is 1380 g/mol. The van der Waals surface area contributed by atoms with Gasteiger partial charge >= 0.3 is 0 Å². The third-order valence-corrected chi connectivity index (χ3v) is 18.2. The van der Waals surface area contributed by atoms with Gasteiger partial charge in [-0.2, -0.15) is 0 Å². The summed E-state index contributed by atoms with van der Waals surface area (Å²) in [5.41, 5.74) is 11.6. The molecule has 0 atom stereocenters. The molecule has 0 spiro atoms. The van der Waals surface area contributed by atoms with Crippen LogP contribution in [0.4, 0.5) is 30.2 Å². The van der Waals surface area contributed by atoms with Gasteiger partial charge in [-0.3, -0.25) is 13.7 Å². The lowest BCUT2D eigenvalue weighted by atomic mass is 9.92. The zero-order valence-corrected chi connectivity index (χ0v) is 57.4. The van der Waals surface area contributed by atoms with Gasteiger partial charge in [-0.1, -0.05) is 72.4 Å². The van der Waals surface area contributed by atoms with Gasteiger partial charge in [0.05, 0.1) is 67.3 Å². The Morgan fingerprint density at radius 1 is 0.500 bits per heavy atom. The van der Waals surface area contributed by atoms with Gasteiger partial charge in [0.1, 0.15) is 46.1 Å². The van der Waals surface area contributed by atoms with Crippen LogP contribution >= 0.6 is 22.6 Å². The minimum atomic E-state index is -1.10. The fraction of sp³-hybridized carbons (Fsp3) is 0.288. The van der Waals surface area contributed by atoms with Gasteiger partial charge in [0.15, 0.2) is 17.5 Å². The number of anilines is 3. The van der Waals surface area contributed by atoms with E-state index in [1.54, 1.807) is 52.1 Å². The average Bonchev–Trinajstić information content (AvgIpc) is 1.35. The summed E-state index contributed by atoms with van der Waals surface area (Å²) >= 11 is 2.29. The molecule has 12 aromatic rings. The molecule has 0 radical (unpaired) electrons. The van der Waals surface area contributed by atoms with Crippen LogP contribution in [-0.4, -0.2) is 80.7 Å². The summed E-state index contributed by atoms with van der Waals surface area (Å²) < 4.78 is 53.6. The first-order chi connectivity index (χ1) is 44.2. The van der Waals surface area contributed by atoms with Crippen molar-refractivity contribution < 1.29 is 23.4 Å². The summed E-state index contributed by atoms with van der Waals surface area (Å²) in [6.45, 7) is 30.1. The van der Waals surface area contributed by atoms with E-state index in [4.69, 9.17) is 11.5 Å².